The van der Waals surface area contributed by atoms with Gasteiger partial charge in [0.2, 0.25) is 0 Å². The van der Waals surface area contributed by atoms with Crippen LogP contribution in [0.5, 0.6) is 0 Å². The van der Waals surface area contributed by atoms with Crippen LogP contribution in [0.25, 0.3) is 0 Å². The van der Waals surface area contributed by atoms with E-state index in [1.807, 2.05) is 26.3 Å². The Morgan fingerprint density at radius 1 is 1.27 bits per heavy atom. The number of hydrogen-bond acceptors (Lipinski definition) is 1. The first-order valence-corrected chi connectivity index (χ1v) is 4.14. The molecule has 0 bridgehead atoms. The van der Waals surface area contributed by atoms with Crippen molar-refractivity contribution in [3.05, 3.63) is 23.4 Å². The Labute approximate surface area is 69.5 Å². The molecule has 0 spiro atoms. The largest absolute Gasteiger partial charge is 0.268 e. The Balaban J connectivity index is 0.000000461. The molecule has 1 heteroatoms. The lowest BCUT2D eigenvalue weighted by Crippen LogP contribution is -1.74. The summed E-state index contributed by atoms with van der Waals surface area (Å²) in [5, 5.41) is 0. The molecule has 0 unspecified atom stereocenters. The van der Waals surface area contributed by atoms with Gasteiger partial charge in [-0.3, -0.25) is 4.99 Å². The second kappa shape index (κ2) is 5.90. The zero-order chi connectivity index (χ0) is 8.69. The van der Waals surface area contributed by atoms with E-state index in [-0.39, 0.29) is 0 Å². The molecule has 0 saturated heterocycles. The molecule has 0 aromatic heterocycles. The van der Waals surface area contributed by atoms with Crippen molar-refractivity contribution in [1.82, 2.24) is 0 Å². The quantitative estimate of drug-likeness (QED) is 0.503. The minimum absolute atomic E-state index is 0.994. The molecule has 1 heterocycles. The number of nitrogens with zero attached hydrogens (tertiary/aromatic N) is 1. The van der Waals surface area contributed by atoms with Gasteiger partial charge in [0.1, 0.15) is 0 Å². The molecule has 62 valence electrons. The highest BCUT2D eigenvalue weighted by Crippen LogP contribution is 2.07. The van der Waals surface area contributed by atoms with E-state index < -0.39 is 0 Å². The lowest BCUT2D eigenvalue weighted by atomic mass is 10.2. The molecule has 0 amide bonds. The fourth-order valence-corrected chi connectivity index (χ4v) is 0.852. The van der Waals surface area contributed by atoms with E-state index in [1.54, 1.807) is 0 Å². The Morgan fingerprint density at radius 3 is 2.55 bits per heavy atom. The maximum atomic E-state index is 4.06. The monoisotopic (exact) mass is 151 g/mol. The molecular weight excluding hydrogens is 134 g/mol. The third kappa shape index (κ3) is 4.54. The third-order valence-corrected chi connectivity index (χ3v) is 1.27. The van der Waals surface area contributed by atoms with Crippen LogP contribution in [0.2, 0.25) is 0 Å². The van der Waals surface area contributed by atoms with Crippen LogP contribution < -0.4 is 0 Å². The second-order valence-electron chi connectivity index (χ2n) is 2.40. The van der Waals surface area contributed by atoms with Gasteiger partial charge in [0.25, 0.3) is 0 Å². The standard InChI is InChI=1S/C8H11N.C2H6/c1-7-3-4-9-6-8(2)5-7;1-2/h4-6H,3H2,1-2H3;1-2H3. The van der Waals surface area contributed by atoms with Crippen LogP contribution in [0.15, 0.2) is 28.4 Å². The number of rotatable bonds is 0. The normalized spacial score (nSPS) is 15.6. The summed E-state index contributed by atoms with van der Waals surface area (Å²) in [5.74, 6) is 0. The summed E-state index contributed by atoms with van der Waals surface area (Å²) in [4.78, 5) is 4.06. The molecule has 0 fully saturated rings. The van der Waals surface area contributed by atoms with Crippen molar-refractivity contribution < 1.29 is 0 Å². The zero-order valence-corrected chi connectivity index (χ0v) is 7.89. The van der Waals surface area contributed by atoms with Crippen LogP contribution in [-0.4, -0.2) is 6.21 Å². The van der Waals surface area contributed by atoms with Gasteiger partial charge < -0.3 is 0 Å². The second-order valence-corrected chi connectivity index (χ2v) is 2.40. The van der Waals surface area contributed by atoms with E-state index in [4.69, 9.17) is 0 Å². The maximum absolute atomic E-state index is 4.06. The topological polar surface area (TPSA) is 12.4 Å². The summed E-state index contributed by atoms with van der Waals surface area (Å²) >= 11 is 0. The van der Waals surface area contributed by atoms with Crippen molar-refractivity contribution in [3.8, 4) is 0 Å². The first-order valence-electron chi connectivity index (χ1n) is 4.14. The maximum Gasteiger partial charge on any atom is 0.0293 e. The zero-order valence-electron chi connectivity index (χ0n) is 7.89. The third-order valence-electron chi connectivity index (χ3n) is 1.27. The van der Waals surface area contributed by atoms with Gasteiger partial charge in [-0.1, -0.05) is 25.5 Å². The number of allylic oxidation sites excluding steroid dienone is 3. The van der Waals surface area contributed by atoms with Gasteiger partial charge in [0.05, 0.1) is 0 Å². The van der Waals surface area contributed by atoms with E-state index in [2.05, 4.69) is 24.9 Å². The highest BCUT2D eigenvalue weighted by atomic mass is 14.7. The van der Waals surface area contributed by atoms with Crippen molar-refractivity contribution in [1.29, 1.82) is 0 Å². The molecule has 1 aliphatic heterocycles. The Hall–Kier alpha value is -0.850. The van der Waals surface area contributed by atoms with Crippen molar-refractivity contribution in [2.45, 2.75) is 34.1 Å². The van der Waals surface area contributed by atoms with Crippen molar-refractivity contribution in [2.24, 2.45) is 4.99 Å². The van der Waals surface area contributed by atoms with E-state index in [9.17, 15) is 0 Å². The molecule has 1 nitrogen and oxygen atoms in total. The summed E-state index contributed by atoms with van der Waals surface area (Å²) in [6, 6.07) is 0. The van der Waals surface area contributed by atoms with E-state index in [1.165, 1.54) is 11.1 Å². The minimum Gasteiger partial charge on any atom is -0.268 e. The minimum atomic E-state index is 0.994. The number of hydrogen-bond donors (Lipinski definition) is 0. The molecular formula is C10H17N. The summed E-state index contributed by atoms with van der Waals surface area (Å²) in [5.41, 5.74) is 2.62. The fourth-order valence-electron chi connectivity index (χ4n) is 0.852. The van der Waals surface area contributed by atoms with Crippen LogP contribution in [0.3, 0.4) is 0 Å². The molecule has 0 aromatic carbocycles. The van der Waals surface area contributed by atoms with Crippen molar-refractivity contribution in [2.75, 3.05) is 0 Å². The van der Waals surface area contributed by atoms with Crippen LogP contribution in [0, 0.1) is 0 Å². The summed E-state index contributed by atoms with van der Waals surface area (Å²) in [6.45, 7) is 8.18. The van der Waals surface area contributed by atoms with Crippen LogP contribution in [0.4, 0.5) is 0 Å². The molecule has 0 N–H and O–H groups in total. The lowest BCUT2D eigenvalue weighted by molar-refractivity contribution is 1.28. The van der Waals surface area contributed by atoms with E-state index in [0.717, 1.165) is 6.42 Å². The Morgan fingerprint density at radius 2 is 1.91 bits per heavy atom. The highest BCUT2D eigenvalue weighted by molar-refractivity contribution is 5.63. The van der Waals surface area contributed by atoms with Gasteiger partial charge in [-0.15, -0.1) is 0 Å². The molecule has 1 aliphatic rings. The molecule has 11 heavy (non-hydrogen) atoms. The van der Waals surface area contributed by atoms with Gasteiger partial charge in [-0.25, -0.2) is 0 Å². The van der Waals surface area contributed by atoms with Crippen LogP contribution in [-0.2, 0) is 0 Å². The molecule has 0 aliphatic carbocycles. The molecule has 1 rings (SSSR count). The van der Waals surface area contributed by atoms with E-state index >= 15 is 0 Å². The van der Waals surface area contributed by atoms with Crippen LogP contribution in [0.1, 0.15) is 34.1 Å². The molecule has 0 aromatic rings. The van der Waals surface area contributed by atoms with Crippen molar-refractivity contribution >= 4 is 6.21 Å². The highest BCUT2D eigenvalue weighted by Gasteiger charge is 1.90. The summed E-state index contributed by atoms with van der Waals surface area (Å²) in [6.07, 6.45) is 6.97. The SMILES string of the molecule is CC.CC1=CN=CCC(C)=C1. The van der Waals surface area contributed by atoms with Gasteiger partial charge >= 0.3 is 0 Å². The molecule has 0 saturated carbocycles. The van der Waals surface area contributed by atoms with Crippen molar-refractivity contribution in [3.63, 3.8) is 0 Å². The Kier molecular flexibility index (Phi) is 5.44. The van der Waals surface area contributed by atoms with Gasteiger partial charge in [-0.05, 0) is 19.4 Å². The Bertz CT molecular complexity index is 185. The molecule has 0 radical (unpaired) electrons. The first-order chi connectivity index (χ1) is 5.29. The average molecular weight is 151 g/mol. The van der Waals surface area contributed by atoms with E-state index in [0.29, 0.717) is 0 Å². The fraction of sp³-hybridized carbons (Fsp3) is 0.500. The summed E-state index contributed by atoms with van der Waals surface area (Å²) in [7, 11) is 0. The van der Waals surface area contributed by atoms with Gasteiger partial charge in [0, 0.05) is 18.8 Å². The van der Waals surface area contributed by atoms with Crippen LogP contribution >= 0.6 is 0 Å². The predicted molar refractivity (Wildman–Crippen MR) is 52.0 cm³/mol. The predicted octanol–water partition coefficient (Wildman–Crippen LogP) is 3.34. The van der Waals surface area contributed by atoms with Gasteiger partial charge in [0.15, 0.2) is 0 Å². The number of aliphatic imine (C=N–C) groups is 1. The first kappa shape index (κ1) is 10.2. The smallest absolute Gasteiger partial charge is 0.0293 e. The summed E-state index contributed by atoms with van der Waals surface area (Å²) < 4.78 is 0. The van der Waals surface area contributed by atoms with Gasteiger partial charge in [-0.2, -0.15) is 0 Å². The average Bonchev–Trinajstić information content (AvgIpc) is 2.18. The molecule has 0 atom stereocenters. The lowest BCUT2D eigenvalue weighted by Gasteiger charge is -1.89.